The number of rotatable bonds is 22. The summed E-state index contributed by atoms with van der Waals surface area (Å²) in [5.74, 6) is -13.9. The minimum atomic E-state index is -1.72. The summed E-state index contributed by atoms with van der Waals surface area (Å²) in [6, 6.07) is 8.85. The summed E-state index contributed by atoms with van der Waals surface area (Å²) < 4.78 is 33.5. The maximum atomic E-state index is 14.6. The van der Waals surface area contributed by atoms with E-state index in [9.17, 15) is 57.4 Å². The second-order valence-corrected chi connectivity index (χ2v) is 18.3. The average Bonchev–Trinajstić information content (AvgIpc) is 3.62. The number of Topliss-reactive ketones (excluding diaryl/α,β-unsaturated/α-hetero) is 3. The number of carbonyl (C=O) groups is 8. The fourth-order valence-corrected chi connectivity index (χ4v) is 8.04. The van der Waals surface area contributed by atoms with E-state index in [0.29, 0.717) is 18.4 Å². The molecular weight excluding hydrogens is 835 g/mol. The van der Waals surface area contributed by atoms with Crippen molar-refractivity contribution in [3.8, 4) is 5.75 Å². The number of halogens is 2. The monoisotopic (exact) mass is 892 g/mol. The maximum Gasteiger partial charge on any atom is 0.305 e. The van der Waals surface area contributed by atoms with Crippen molar-refractivity contribution >= 4 is 57.9 Å². The molecule has 6 atom stereocenters. The summed E-state index contributed by atoms with van der Waals surface area (Å²) >= 11 is 0. The molecule has 346 valence electrons. The van der Waals surface area contributed by atoms with Crippen molar-refractivity contribution in [2.45, 2.75) is 105 Å². The first-order chi connectivity index (χ1) is 30.0. The summed E-state index contributed by atoms with van der Waals surface area (Å²) in [6.07, 6.45) is -1.79. The second-order valence-electron chi connectivity index (χ2n) is 18.3. The lowest BCUT2D eigenvalue weighted by molar-refractivity contribution is -0.147. The van der Waals surface area contributed by atoms with E-state index in [-0.39, 0.29) is 24.1 Å². The Bertz CT molecular complexity index is 2220. The summed E-state index contributed by atoms with van der Waals surface area (Å²) in [5, 5.41) is 25.2. The molecule has 0 aliphatic carbocycles. The summed E-state index contributed by atoms with van der Waals surface area (Å²) in [5.41, 5.74) is 0.364. The summed E-state index contributed by atoms with van der Waals surface area (Å²) in [7, 11) is 0. The highest BCUT2D eigenvalue weighted by Gasteiger charge is 2.46. The molecule has 17 heteroatoms. The van der Waals surface area contributed by atoms with Gasteiger partial charge >= 0.3 is 11.9 Å². The van der Waals surface area contributed by atoms with E-state index in [1.807, 2.05) is 32.9 Å². The van der Waals surface area contributed by atoms with E-state index >= 15 is 0 Å². The Morgan fingerprint density at radius 1 is 0.766 bits per heavy atom. The number of nitrogens with one attached hydrogen (secondary N) is 2. The number of ether oxygens (including phenoxy) is 1. The zero-order valence-electron chi connectivity index (χ0n) is 37.2. The lowest BCUT2D eigenvalue weighted by Gasteiger charge is -2.34. The van der Waals surface area contributed by atoms with E-state index in [1.165, 1.54) is 4.90 Å². The number of fused-ring (bicyclic) bond motifs is 1. The van der Waals surface area contributed by atoms with Gasteiger partial charge in [-0.1, -0.05) is 78.8 Å². The van der Waals surface area contributed by atoms with Crippen molar-refractivity contribution in [2.75, 3.05) is 13.2 Å². The van der Waals surface area contributed by atoms with Crippen molar-refractivity contribution in [1.29, 1.82) is 0 Å². The van der Waals surface area contributed by atoms with Gasteiger partial charge in [-0.25, -0.2) is 13.8 Å². The molecule has 4 N–H and O–H groups in total. The number of aliphatic carboxylic acids is 2. The van der Waals surface area contributed by atoms with Crippen molar-refractivity contribution < 1.29 is 62.1 Å². The number of aromatic nitrogens is 1. The number of amides is 3. The first kappa shape index (κ1) is 50.5. The van der Waals surface area contributed by atoms with Crippen LogP contribution in [0.1, 0.15) is 97.5 Å². The fraction of sp³-hybridized carbons (Fsp3) is 0.511. The Morgan fingerprint density at radius 2 is 1.36 bits per heavy atom. The molecule has 0 radical (unpaired) electrons. The van der Waals surface area contributed by atoms with Crippen LogP contribution in [0.4, 0.5) is 8.78 Å². The largest absolute Gasteiger partial charge is 0.481 e. The predicted octanol–water partition coefficient (Wildman–Crippen LogP) is 5.81. The van der Waals surface area contributed by atoms with Gasteiger partial charge in [0.1, 0.15) is 24.4 Å². The minimum Gasteiger partial charge on any atom is -0.481 e. The molecule has 0 bridgehead atoms. The topological polar surface area (TPSA) is 226 Å². The van der Waals surface area contributed by atoms with Crippen LogP contribution in [0.3, 0.4) is 0 Å². The number of nitrogens with zero attached hydrogens (tertiary/aromatic N) is 2. The number of para-hydroxylation sites is 2. The Labute approximate surface area is 370 Å². The molecule has 1 fully saturated rings. The molecule has 15 nitrogen and oxygen atoms in total. The molecule has 1 aliphatic rings. The van der Waals surface area contributed by atoms with Crippen LogP contribution in [0.5, 0.6) is 5.75 Å². The van der Waals surface area contributed by atoms with E-state index in [1.54, 1.807) is 52.0 Å². The number of hydrogen-bond acceptors (Lipinski definition) is 10. The number of ketones is 3. The van der Waals surface area contributed by atoms with Gasteiger partial charge in [-0.3, -0.25) is 38.4 Å². The van der Waals surface area contributed by atoms with Crippen LogP contribution >= 0.6 is 0 Å². The van der Waals surface area contributed by atoms with Crippen LogP contribution in [0.25, 0.3) is 10.9 Å². The molecule has 64 heavy (non-hydrogen) atoms. The quantitative estimate of drug-likeness (QED) is 0.0877. The third-order valence-corrected chi connectivity index (χ3v) is 11.4. The Hall–Kier alpha value is -6.13. The average molecular weight is 893 g/mol. The molecule has 1 aliphatic heterocycles. The number of pyridine rings is 1. The number of carboxylic acid groups (broad SMARTS) is 2. The van der Waals surface area contributed by atoms with Gasteiger partial charge in [-0.15, -0.1) is 0 Å². The Balaban J connectivity index is 1.55. The second kappa shape index (κ2) is 22.0. The zero-order valence-corrected chi connectivity index (χ0v) is 37.2. The van der Waals surface area contributed by atoms with E-state index < -0.39 is 138 Å². The normalized spacial score (nSPS) is 17.1. The van der Waals surface area contributed by atoms with Crippen LogP contribution in [0.2, 0.25) is 0 Å². The molecular formula is C47H58F2N4O11. The molecule has 1 aromatic heterocycles. The highest BCUT2D eigenvalue weighted by Crippen LogP contribution is 2.37. The van der Waals surface area contributed by atoms with Crippen LogP contribution in [0, 0.1) is 46.6 Å². The first-order valence-corrected chi connectivity index (χ1v) is 21.3. The molecule has 0 unspecified atom stereocenters. The van der Waals surface area contributed by atoms with E-state index in [2.05, 4.69) is 15.6 Å². The number of likely N-dealkylation sites (tertiary alicyclic amines) is 1. The molecule has 2 aromatic carbocycles. The summed E-state index contributed by atoms with van der Waals surface area (Å²) in [4.78, 5) is 113. The number of hydrogen-bond donors (Lipinski definition) is 4. The Kier molecular flexibility index (Phi) is 17.3. The molecule has 2 heterocycles. The van der Waals surface area contributed by atoms with Gasteiger partial charge in [0.05, 0.1) is 24.4 Å². The van der Waals surface area contributed by atoms with E-state index in [0.717, 1.165) is 23.6 Å². The molecule has 3 aromatic rings. The van der Waals surface area contributed by atoms with Crippen molar-refractivity contribution in [1.82, 2.24) is 20.5 Å². The summed E-state index contributed by atoms with van der Waals surface area (Å²) in [6.45, 7) is 11.6. The van der Waals surface area contributed by atoms with E-state index in [4.69, 9.17) is 4.74 Å². The third-order valence-electron chi connectivity index (χ3n) is 11.4. The van der Waals surface area contributed by atoms with Gasteiger partial charge in [0, 0.05) is 36.6 Å². The van der Waals surface area contributed by atoms with Crippen molar-refractivity contribution in [3.05, 3.63) is 71.9 Å². The van der Waals surface area contributed by atoms with Gasteiger partial charge < -0.3 is 30.5 Å². The lowest BCUT2D eigenvalue weighted by Crippen LogP contribution is -2.55. The standard InChI is InChI=1S/C47H58F2N4O11/c1-25(2)29(19-37(54)34-16-15-27-11-8-9-14-33(27)50-34)44(61)51-35(21-40(57)58)38(55)20-30(26(3)4)46(63)53-18-17-28(23-47(5,6)7)42(53)45(62)52-36(22-41(59)60)39(56)24-64-43-31(48)12-10-13-32(43)49/h8-16,25-26,28-30,35-36,42H,17-24H2,1-7H3,(H,51,61)(H,52,62)(H,57,58)(H,59,60)/t28-,29+,30+,35+,36+,42+/m1/s1. The molecule has 3 amide bonds. The van der Waals surface area contributed by atoms with Gasteiger partial charge in [0.2, 0.25) is 17.7 Å². The lowest BCUT2D eigenvalue weighted by atomic mass is 9.80. The van der Waals surface area contributed by atoms with Crippen molar-refractivity contribution in [2.24, 2.45) is 35.0 Å². The SMILES string of the molecule is CC(C)[C@H](CC(=O)c1ccc2ccccc2n1)C(=O)N[C@@H](CC(=O)O)C(=O)C[C@H](C(=O)N1CC[C@H](CC(C)(C)C)[C@H]1C(=O)N[C@@H](CC(=O)O)C(=O)COc1c(F)cccc1F)C(C)C. The number of carbonyl (C=O) groups excluding carboxylic acids is 6. The minimum absolute atomic E-state index is 0.0494. The van der Waals surface area contributed by atoms with Gasteiger partial charge in [0.25, 0.3) is 0 Å². The maximum absolute atomic E-state index is 14.6. The Morgan fingerprint density at radius 3 is 1.94 bits per heavy atom. The van der Waals surface area contributed by atoms with Gasteiger partial charge in [-0.2, -0.15) is 0 Å². The van der Waals surface area contributed by atoms with Crippen LogP contribution in [-0.2, 0) is 33.6 Å². The van der Waals surface area contributed by atoms with Crippen LogP contribution in [0.15, 0.2) is 54.6 Å². The smallest absolute Gasteiger partial charge is 0.305 e. The molecule has 0 spiro atoms. The number of benzene rings is 2. The predicted molar refractivity (Wildman–Crippen MR) is 230 cm³/mol. The van der Waals surface area contributed by atoms with Crippen LogP contribution < -0.4 is 15.4 Å². The van der Waals surface area contributed by atoms with Gasteiger partial charge in [0.15, 0.2) is 34.7 Å². The molecule has 4 rings (SSSR count). The third kappa shape index (κ3) is 13.7. The van der Waals surface area contributed by atoms with Gasteiger partial charge in [-0.05, 0) is 60.3 Å². The first-order valence-electron chi connectivity index (χ1n) is 21.3. The zero-order chi connectivity index (χ0) is 47.6. The van der Waals surface area contributed by atoms with Crippen LogP contribution in [-0.4, -0.2) is 98.4 Å². The molecule has 1 saturated heterocycles. The molecule has 0 saturated carbocycles. The highest BCUT2D eigenvalue weighted by atomic mass is 19.1. The highest BCUT2D eigenvalue weighted by molar-refractivity contribution is 6.01. The number of carboxylic acids is 2. The fourth-order valence-electron chi connectivity index (χ4n) is 8.04. The van der Waals surface area contributed by atoms with Crippen molar-refractivity contribution in [3.63, 3.8) is 0 Å².